The molecule has 0 saturated heterocycles. The van der Waals surface area contributed by atoms with Crippen LogP contribution in [0.5, 0.6) is 0 Å². The predicted octanol–water partition coefficient (Wildman–Crippen LogP) is 14.3. The molecule has 53 heavy (non-hydrogen) atoms. The van der Waals surface area contributed by atoms with E-state index in [-0.39, 0.29) is 0 Å². The van der Waals surface area contributed by atoms with Crippen LogP contribution in [0.4, 0.5) is 17.1 Å². The topological polar surface area (TPSA) is 29.3 Å². The standard InChI is InChI=1S/C49H32N2OS/c1-4-12-33(13-5-1)35-22-26-39(27-23-35)51(41-19-10-18-38(30-41)34-14-6-2-7-15-34)40-28-24-36(25-29-40)42-20-11-21-43-44-31-45-46(32-47(44)53-48(42)43)52-49(50-45)37-16-8-3-9-17-37/h1-32H. The Morgan fingerprint density at radius 3 is 1.66 bits per heavy atom. The first-order chi connectivity index (χ1) is 26.2. The van der Waals surface area contributed by atoms with E-state index in [0.717, 1.165) is 33.7 Å². The Kier molecular flexibility index (Phi) is 7.67. The zero-order valence-corrected chi connectivity index (χ0v) is 29.5. The number of aromatic nitrogens is 1. The summed E-state index contributed by atoms with van der Waals surface area (Å²) in [6.45, 7) is 0. The summed E-state index contributed by atoms with van der Waals surface area (Å²) in [5, 5.41) is 2.43. The van der Waals surface area contributed by atoms with Gasteiger partial charge in [0.05, 0.1) is 0 Å². The summed E-state index contributed by atoms with van der Waals surface area (Å²) in [5.41, 5.74) is 13.1. The molecule has 0 saturated carbocycles. The molecule has 8 aromatic carbocycles. The maximum Gasteiger partial charge on any atom is 0.227 e. The van der Waals surface area contributed by atoms with Crippen molar-refractivity contribution in [2.75, 3.05) is 4.90 Å². The van der Waals surface area contributed by atoms with Gasteiger partial charge in [0.15, 0.2) is 5.58 Å². The number of oxazole rings is 1. The monoisotopic (exact) mass is 696 g/mol. The van der Waals surface area contributed by atoms with E-state index in [4.69, 9.17) is 9.40 Å². The summed E-state index contributed by atoms with van der Waals surface area (Å²) in [5.74, 6) is 0.649. The molecule has 0 radical (unpaired) electrons. The summed E-state index contributed by atoms with van der Waals surface area (Å²) in [6, 6.07) is 68.8. The van der Waals surface area contributed by atoms with E-state index < -0.39 is 0 Å². The molecule has 0 bridgehead atoms. The summed E-state index contributed by atoms with van der Waals surface area (Å²) >= 11 is 1.81. The summed E-state index contributed by atoms with van der Waals surface area (Å²) in [4.78, 5) is 7.20. The maximum absolute atomic E-state index is 6.23. The molecule has 2 heterocycles. The highest BCUT2D eigenvalue weighted by Gasteiger charge is 2.17. The fourth-order valence-electron chi connectivity index (χ4n) is 7.28. The summed E-state index contributed by atoms with van der Waals surface area (Å²) < 4.78 is 8.68. The molecule has 0 aliphatic heterocycles. The summed E-state index contributed by atoms with van der Waals surface area (Å²) in [7, 11) is 0. The van der Waals surface area contributed by atoms with Crippen LogP contribution in [0.2, 0.25) is 0 Å². The van der Waals surface area contributed by atoms with Gasteiger partial charge < -0.3 is 9.32 Å². The first-order valence-corrected chi connectivity index (χ1v) is 18.6. The third-order valence-corrected chi connectivity index (χ3v) is 11.1. The lowest BCUT2D eigenvalue weighted by molar-refractivity contribution is 0.620. The predicted molar refractivity (Wildman–Crippen MR) is 223 cm³/mol. The van der Waals surface area contributed by atoms with Crippen molar-refractivity contribution in [3.05, 3.63) is 194 Å². The van der Waals surface area contributed by atoms with Gasteiger partial charge in [0, 0.05) is 48.9 Å². The molecule has 0 fully saturated rings. The average molecular weight is 697 g/mol. The van der Waals surface area contributed by atoms with Gasteiger partial charge in [-0.1, -0.05) is 133 Å². The Balaban J connectivity index is 1.04. The Morgan fingerprint density at radius 2 is 0.981 bits per heavy atom. The maximum atomic E-state index is 6.23. The second-order valence-corrected chi connectivity index (χ2v) is 14.2. The zero-order valence-electron chi connectivity index (χ0n) is 28.7. The van der Waals surface area contributed by atoms with Crippen molar-refractivity contribution in [2.45, 2.75) is 0 Å². The number of anilines is 3. The first kappa shape index (κ1) is 31.0. The molecule has 4 heteroatoms. The normalized spacial score (nSPS) is 11.4. The molecule has 10 rings (SSSR count). The number of hydrogen-bond acceptors (Lipinski definition) is 4. The number of rotatable bonds is 7. The Hall–Kier alpha value is -6.75. The van der Waals surface area contributed by atoms with Crippen LogP contribution in [0, 0.1) is 0 Å². The van der Waals surface area contributed by atoms with Gasteiger partial charge in [-0.25, -0.2) is 4.98 Å². The van der Waals surface area contributed by atoms with Crippen LogP contribution in [0.3, 0.4) is 0 Å². The third kappa shape index (κ3) is 5.76. The highest BCUT2D eigenvalue weighted by atomic mass is 32.1. The van der Waals surface area contributed by atoms with E-state index in [1.165, 1.54) is 53.6 Å². The van der Waals surface area contributed by atoms with Crippen molar-refractivity contribution in [1.29, 1.82) is 0 Å². The number of fused-ring (bicyclic) bond motifs is 4. The van der Waals surface area contributed by atoms with Gasteiger partial charge in [-0.15, -0.1) is 11.3 Å². The summed E-state index contributed by atoms with van der Waals surface area (Å²) in [6.07, 6.45) is 0. The van der Waals surface area contributed by atoms with E-state index in [0.29, 0.717) is 5.89 Å². The molecule has 250 valence electrons. The second kappa shape index (κ2) is 13.1. The molecule has 3 nitrogen and oxygen atoms in total. The Bertz CT molecular complexity index is 2860. The van der Waals surface area contributed by atoms with Crippen LogP contribution in [0.1, 0.15) is 0 Å². The van der Waals surface area contributed by atoms with Crippen LogP contribution in [0.25, 0.3) is 76.1 Å². The van der Waals surface area contributed by atoms with Crippen LogP contribution >= 0.6 is 11.3 Å². The second-order valence-electron chi connectivity index (χ2n) is 13.2. The molecule has 0 N–H and O–H groups in total. The van der Waals surface area contributed by atoms with Crippen LogP contribution in [0.15, 0.2) is 199 Å². The van der Waals surface area contributed by atoms with Crippen molar-refractivity contribution in [2.24, 2.45) is 0 Å². The van der Waals surface area contributed by atoms with Crippen molar-refractivity contribution in [3.8, 4) is 44.8 Å². The van der Waals surface area contributed by atoms with Gasteiger partial charge in [0.25, 0.3) is 0 Å². The van der Waals surface area contributed by atoms with E-state index in [1.54, 1.807) is 0 Å². The SMILES string of the molecule is c1ccc(-c2ccc(N(c3ccc(-c4cccc5c4sc4cc6oc(-c7ccccc7)nc6cc45)cc3)c3cccc(-c4ccccc4)c3)cc2)cc1. The quantitative estimate of drug-likeness (QED) is 0.166. The van der Waals surface area contributed by atoms with Gasteiger partial charge in [-0.05, 0) is 88.0 Å². The molecule has 0 amide bonds. The van der Waals surface area contributed by atoms with Crippen LogP contribution in [-0.2, 0) is 0 Å². The minimum Gasteiger partial charge on any atom is -0.436 e. The largest absolute Gasteiger partial charge is 0.436 e. The van der Waals surface area contributed by atoms with Gasteiger partial charge in [0.2, 0.25) is 5.89 Å². The van der Waals surface area contributed by atoms with E-state index in [2.05, 4.69) is 169 Å². The lowest BCUT2D eigenvalue weighted by Gasteiger charge is -2.26. The lowest BCUT2D eigenvalue weighted by atomic mass is 10.0. The van der Waals surface area contributed by atoms with Gasteiger partial charge in [0.1, 0.15) is 5.52 Å². The first-order valence-electron chi connectivity index (χ1n) is 17.8. The van der Waals surface area contributed by atoms with E-state index in [9.17, 15) is 0 Å². The number of hydrogen-bond donors (Lipinski definition) is 0. The third-order valence-electron chi connectivity index (χ3n) is 9.91. The molecule has 0 unspecified atom stereocenters. The van der Waals surface area contributed by atoms with E-state index in [1.807, 2.05) is 41.7 Å². The van der Waals surface area contributed by atoms with Crippen molar-refractivity contribution in [3.63, 3.8) is 0 Å². The molecule has 0 aliphatic carbocycles. The molecule has 0 aliphatic rings. The van der Waals surface area contributed by atoms with Crippen molar-refractivity contribution in [1.82, 2.24) is 4.98 Å². The number of nitrogens with zero attached hydrogens (tertiary/aromatic N) is 2. The van der Waals surface area contributed by atoms with Crippen LogP contribution < -0.4 is 4.90 Å². The van der Waals surface area contributed by atoms with Crippen molar-refractivity contribution >= 4 is 59.7 Å². The molecule has 2 aromatic heterocycles. The zero-order chi connectivity index (χ0) is 35.1. The molecular weight excluding hydrogens is 665 g/mol. The molecule has 0 spiro atoms. The molecular formula is C49H32N2OS. The molecule has 0 atom stereocenters. The fourth-order valence-corrected chi connectivity index (χ4v) is 8.53. The van der Waals surface area contributed by atoms with Gasteiger partial charge >= 0.3 is 0 Å². The average Bonchev–Trinajstić information content (AvgIpc) is 3.82. The lowest BCUT2D eigenvalue weighted by Crippen LogP contribution is -2.10. The van der Waals surface area contributed by atoms with Gasteiger partial charge in [-0.2, -0.15) is 0 Å². The number of thiophene rings is 1. The van der Waals surface area contributed by atoms with Crippen LogP contribution in [-0.4, -0.2) is 4.98 Å². The Labute approximate surface area is 311 Å². The Morgan fingerprint density at radius 1 is 0.415 bits per heavy atom. The minimum absolute atomic E-state index is 0.649. The van der Waals surface area contributed by atoms with Crippen molar-refractivity contribution < 1.29 is 4.42 Å². The highest BCUT2D eigenvalue weighted by Crippen LogP contribution is 2.43. The van der Waals surface area contributed by atoms with E-state index >= 15 is 0 Å². The highest BCUT2D eigenvalue weighted by molar-refractivity contribution is 7.26. The van der Waals surface area contributed by atoms with Gasteiger partial charge in [-0.3, -0.25) is 0 Å². The minimum atomic E-state index is 0.649. The fraction of sp³-hybridized carbons (Fsp3) is 0. The molecule has 10 aromatic rings. The number of benzene rings is 8. The smallest absolute Gasteiger partial charge is 0.227 e.